The van der Waals surface area contributed by atoms with Gasteiger partial charge in [-0.1, -0.05) is 27.7 Å². The maximum absolute atomic E-state index is 14.3. The second-order valence-electron chi connectivity index (χ2n) is 12.2. The lowest BCUT2D eigenvalue weighted by molar-refractivity contribution is -0.143. The third-order valence-corrected chi connectivity index (χ3v) is 9.85. The summed E-state index contributed by atoms with van der Waals surface area (Å²) >= 11 is 0. The normalized spacial score (nSPS) is 28.9. The fourth-order valence-corrected chi connectivity index (χ4v) is 7.74. The van der Waals surface area contributed by atoms with Crippen LogP contribution in [-0.2, 0) is 32.9 Å². The fraction of sp³-hybridized carbons (Fsp3) is 0.731. The minimum Gasteiger partial charge on any atom is -0.468 e. The predicted molar refractivity (Wildman–Crippen MR) is 156 cm³/mol. The van der Waals surface area contributed by atoms with E-state index in [-0.39, 0.29) is 41.8 Å². The summed E-state index contributed by atoms with van der Waals surface area (Å²) in [6.07, 6.45) is -0.973. The van der Waals surface area contributed by atoms with E-state index < -0.39 is 73.3 Å². The van der Waals surface area contributed by atoms with E-state index in [0.717, 1.165) is 0 Å². The third kappa shape index (κ3) is 6.14. The number of ether oxygens (including phenoxy) is 3. The van der Waals surface area contributed by atoms with Gasteiger partial charge in [-0.2, -0.15) is 4.98 Å². The molecule has 7 atom stereocenters. The number of hydrogen-bond acceptors (Lipinski definition) is 13. The zero-order valence-corrected chi connectivity index (χ0v) is 26.7. The number of fused-ring (bicyclic) bond motifs is 2. The first-order valence-electron chi connectivity index (χ1n) is 14.3. The number of carbonyl (C=O) groups excluding carboxylic acids is 2. The van der Waals surface area contributed by atoms with Crippen LogP contribution in [0.25, 0.3) is 11.2 Å². The van der Waals surface area contributed by atoms with Crippen LogP contribution in [0.4, 0.5) is 5.95 Å². The van der Waals surface area contributed by atoms with Crippen LogP contribution in [0.1, 0.15) is 53.5 Å². The Morgan fingerprint density at radius 3 is 2.16 bits per heavy atom. The Morgan fingerprint density at radius 1 is 1.16 bits per heavy atom. The van der Waals surface area contributed by atoms with Crippen molar-refractivity contribution in [2.45, 2.75) is 89.0 Å². The molecule has 3 heterocycles. The van der Waals surface area contributed by atoms with Crippen molar-refractivity contribution < 1.29 is 43.1 Å². The second-order valence-corrected chi connectivity index (χ2v) is 14.1. The predicted octanol–water partition coefficient (Wildman–Crippen LogP) is -0.0147. The zero-order valence-electron chi connectivity index (χ0n) is 25.8. The van der Waals surface area contributed by atoms with E-state index in [1.165, 1.54) is 25.1 Å². The van der Waals surface area contributed by atoms with Gasteiger partial charge in [-0.3, -0.25) is 23.9 Å². The molecule has 44 heavy (non-hydrogen) atoms. The van der Waals surface area contributed by atoms with Gasteiger partial charge in [0.05, 0.1) is 27.2 Å². The Bertz CT molecular complexity index is 1460. The summed E-state index contributed by atoms with van der Waals surface area (Å²) in [7, 11) is -1.87. The molecule has 0 bridgehead atoms. The number of carbonyl (C=O) groups is 2. The van der Waals surface area contributed by atoms with Crippen LogP contribution in [0.5, 0.6) is 0 Å². The number of anilines is 1. The monoisotopic (exact) mass is 643 g/mol. The Hall–Kier alpha value is -2.92. The number of imidazole rings is 1. The quantitative estimate of drug-likeness (QED) is 0.117. The molecule has 7 N–H and O–H groups in total. The number of nitrogens with zero attached hydrogens (tertiary/aromatic N) is 3. The first-order chi connectivity index (χ1) is 20.5. The topological polar surface area (TPSA) is 242 Å². The van der Waals surface area contributed by atoms with Gasteiger partial charge < -0.3 is 39.2 Å². The van der Waals surface area contributed by atoms with Crippen molar-refractivity contribution in [3.63, 3.8) is 0 Å². The van der Waals surface area contributed by atoms with Crippen molar-refractivity contribution in [1.29, 1.82) is 0 Å². The Kier molecular flexibility index (Phi) is 9.62. The van der Waals surface area contributed by atoms with E-state index in [0.29, 0.717) is 0 Å². The van der Waals surface area contributed by atoms with Gasteiger partial charge in [0.2, 0.25) is 5.95 Å². The third-order valence-electron chi connectivity index (χ3n) is 8.04. The number of aliphatic hydroxyl groups excluding tert-OH is 1. The lowest BCUT2D eigenvalue weighted by Gasteiger charge is -2.31. The van der Waals surface area contributed by atoms with Gasteiger partial charge in [0.1, 0.15) is 41.5 Å². The smallest absolute Gasteiger partial charge is 0.342 e. The molecule has 2 aromatic heterocycles. The molecule has 0 aromatic carbocycles. The number of nitrogens with one attached hydrogen (secondary N) is 3. The molecular formula is C26H42N7O10P. The molecule has 17 nitrogen and oxygen atoms in total. The second kappa shape index (κ2) is 12.5. The van der Waals surface area contributed by atoms with Crippen molar-refractivity contribution in [1.82, 2.24) is 29.7 Å². The van der Waals surface area contributed by atoms with Gasteiger partial charge in [0, 0.05) is 0 Å². The summed E-state index contributed by atoms with van der Waals surface area (Å²) in [5, 5.41) is 28.2. The molecule has 1 aliphatic heterocycles. The number of esters is 2. The lowest BCUT2D eigenvalue weighted by atomic mass is 10.1. The first kappa shape index (κ1) is 34.0. The van der Waals surface area contributed by atoms with Crippen LogP contribution in [-0.4, -0.2) is 98.0 Å². The minimum absolute atomic E-state index is 0.00745. The summed E-state index contributed by atoms with van der Waals surface area (Å²) in [4.78, 5) is 47.9. The van der Waals surface area contributed by atoms with Crippen molar-refractivity contribution in [2.24, 2.45) is 11.8 Å². The number of nitrogen functional groups attached to an aromatic ring is 1. The van der Waals surface area contributed by atoms with Crippen LogP contribution in [0.3, 0.4) is 0 Å². The molecule has 18 heteroatoms. The highest BCUT2D eigenvalue weighted by Gasteiger charge is 2.85. The SMILES string of the molecule is COC(=O)C(CC(C)C)NP(=O)(NC(CC(C)C)C(=O)OC)OCC1OC2(C)C(n3cnc4c(=O)[nH]c(N)nc43)C2(O)C1O. The summed E-state index contributed by atoms with van der Waals surface area (Å²) in [5.41, 5.74) is 1.98. The van der Waals surface area contributed by atoms with E-state index >= 15 is 0 Å². The molecule has 2 aliphatic rings. The highest BCUT2D eigenvalue weighted by molar-refractivity contribution is 7.54. The van der Waals surface area contributed by atoms with Crippen molar-refractivity contribution >= 4 is 36.7 Å². The van der Waals surface area contributed by atoms with E-state index in [4.69, 9.17) is 24.5 Å². The van der Waals surface area contributed by atoms with Gasteiger partial charge in [0.25, 0.3) is 5.56 Å². The van der Waals surface area contributed by atoms with Crippen LogP contribution in [0.15, 0.2) is 11.1 Å². The Labute approximate surface area is 253 Å². The summed E-state index contributed by atoms with van der Waals surface area (Å²) in [6, 6.07) is -3.03. The molecule has 2 aromatic rings. The van der Waals surface area contributed by atoms with Crippen LogP contribution in [0.2, 0.25) is 0 Å². The fourth-order valence-electron chi connectivity index (χ4n) is 5.92. The molecule has 1 aliphatic carbocycles. The maximum atomic E-state index is 14.3. The first-order valence-corrected chi connectivity index (χ1v) is 15.9. The van der Waals surface area contributed by atoms with Crippen LogP contribution >= 0.6 is 7.67 Å². The number of aliphatic hydroxyl groups is 2. The number of rotatable bonds is 14. The average molecular weight is 644 g/mol. The average Bonchev–Trinajstić information content (AvgIpc) is 3.15. The molecule has 1 saturated heterocycles. The molecule has 7 unspecified atom stereocenters. The van der Waals surface area contributed by atoms with Crippen LogP contribution < -0.4 is 21.5 Å². The highest BCUT2D eigenvalue weighted by atomic mass is 31.2. The van der Waals surface area contributed by atoms with E-state index in [2.05, 4.69) is 25.1 Å². The largest absolute Gasteiger partial charge is 0.468 e. The van der Waals surface area contributed by atoms with E-state index in [9.17, 15) is 29.2 Å². The lowest BCUT2D eigenvalue weighted by Crippen LogP contribution is -2.46. The maximum Gasteiger partial charge on any atom is 0.342 e. The molecule has 0 radical (unpaired) electrons. The molecule has 0 amide bonds. The van der Waals surface area contributed by atoms with Crippen molar-refractivity contribution in [2.75, 3.05) is 26.6 Å². The van der Waals surface area contributed by atoms with Crippen molar-refractivity contribution in [3.8, 4) is 0 Å². The van der Waals surface area contributed by atoms with Gasteiger partial charge in [-0.15, -0.1) is 0 Å². The van der Waals surface area contributed by atoms with Crippen LogP contribution in [0, 0.1) is 11.8 Å². The summed E-state index contributed by atoms with van der Waals surface area (Å²) < 4.78 is 37.4. The molecule has 246 valence electrons. The van der Waals surface area contributed by atoms with Gasteiger partial charge >= 0.3 is 19.6 Å². The molecule has 1 saturated carbocycles. The van der Waals surface area contributed by atoms with E-state index in [1.54, 1.807) is 6.92 Å². The molecule has 4 rings (SSSR count). The number of aromatic amines is 1. The Morgan fingerprint density at radius 2 is 1.70 bits per heavy atom. The number of aromatic nitrogens is 4. The highest BCUT2D eigenvalue weighted by Crippen LogP contribution is 2.67. The molecular weight excluding hydrogens is 601 g/mol. The van der Waals surface area contributed by atoms with E-state index in [1.807, 2.05) is 27.7 Å². The molecule has 2 fully saturated rings. The number of H-pyrrole nitrogens is 1. The van der Waals surface area contributed by atoms with Gasteiger partial charge in [-0.25, -0.2) is 15.2 Å². The number of nitrogens with two attached hydrogens (primary N) is 1. The Balaban J connectivity index is 1.57. The van der Waals surface area contributed by atoms with Gasteiger partial charge in [0.15, 0.2) is 11.2 Å². The molecule has 0 spiro atoms. The number of hydrogen-bond donors (Lipinski definition) is 6. The number of methoxy groups -OCH3 is 2. The standard InChI is InChI=1S/C26H42N7O10P/c1-12(2)8-14(21(36)40-6)31-44(39,32-15(9-13(3)4)22(37)41-7)42-10-16-18(34)26(38)23(25(26,5)43-16)33-11-28-17-19(33)29-24(27)30-20(17)35/h11-16,18,23,34,38H,8-10H2,1-7H3,(H2,31,32,39)(H3,27,29,30,35). The summed E-state index contributed by atoms with van der Waals surface area (Å²) in [6.45, 7) is 8.51. The summed E-state index contributed by atoms with van der Waals surface area (Å²) in [5.74, 6) is -1.55. The minimum atomic E-state index is -4.26. The van der Waals surface area contributed by atoms with Gasteiger partial charge in [-0.05, 0) is 31.6 Å². The zero-order chi connectivity index (χ0) is 32.8. The van der Waals surface area contributed by atoms with Crippen molar-refractivity contribution in [3.05, 3.63) is 16.7 Å².